The van der Waals surface area contributed by atoms with E-state index < -0.39 is 0 Å². The summed E-state index contributed by atoms with van der Waals surface area (Å²) in [4.78, 5) is 8.12. The van der Waals surface area contributed by atoms with Crippen LogP contribution in [-0.2, 0) is 0 Å². The quantitative estimate of drug-likeness (QED) is 0.713. The molecule has 0 bridgehead atoms. The van der Waals surface area contributed by atoms with Gasteiger partial charge in [0.15, 0.2) is 0 Å². The molecule has 1 rings (SSSR count). The Balaban J connectivity index is 2.52. The Bertz CT molecular complexity index is 205. The first kappa shape index (κ1) is 7.98. The van der Waals surface area contributed by atoms with Crippen molar-refractivity contribution in [2.24, 2.45) is 0 Å². The van der Waals surface area contributed by atoms with Crippen LogP contribution in [0.3, 0.4) is 0 Å². The normalized spacial score (nSPS) is 9.64. The average molecular weight is 151 g/mol. The Hall–Kier alpha value is -1.12. The van der Waals surface area contributed by atoms with Crippen molar-refractivity contribution in [1.29, 1.82) is 0 Å². The first-order chi connectivity index (χ1) is 5.33. The van der Waals surface area contributed by atoms with Gasteiger partial charge in [0.1, 0.15) is 5.82 Å². The second-order valence-electron chi connectivity index (χ2n) is 2.45. The van der Waals surface area contributed by atoms with E-state index in [1.807, 2.05) is 6.92 Å². The number of aryl methyl sites for hydroxylation is 1. The zero-order chi connectivity index (χ0) is 8.10. The van der Waals surface area contributed by atoms with E-state index in [2.05, 4.69) is 22.2 Å². The second-order valence-corrected chi connectivity index (χ2v) is 2.45. The predicted molar refractivity (Wildman–Crippen MR) is 45.5 cm³/mol. The molecule has 0 spiro atoms. The van der Waals surface area contributed by atoms with Crippen LogP contribution in [0.2, 0.25) is 0 Å². The van der Waals surface area contributed by atoms with Crippen LogP contribution >= 0.6 is 0 Å². The molecule has 1 aromatic rings. The maximum absolute atomic E-state index is 4.06. The summed E-state index contributed by atoms with van der Waals surface area (Å²) in [6.07, 6.45) is 4.73. The third-order valence-electron chi connectivity index (χ3n) is 1.36. The van der Waals surface area contributed by atoms with E-state index in [9.17, 15) is 0 Å². The Labute approximate surface area is 66.9 Å². The highest BCUT2D eigenvalue weighted by Gasteiger charge is 1.90. The van der Waals surface area contributed by atoms with E-state index >= 15 is 0 Å². The zero-order valence-corrected chi connectivity index (χ0v) is 6.96. The van der Waals surface area contributed by atoms with Gasteiger partial charge in [-0.05, 0) is 13.3 Å². The number of anilines is 1. The smallest absolute Gasteiger partial charge is 0.125 e. The summed E-state index contributed by atoms with van der Waals surface area (Å²) in [6.45, 7) is 4.98. The highest BCUT2D eigenvalue weighted by Crippen LogP contribution is 2.01. The summed E-state index contributed by atoms with van der Waals surface area (Å²) >= 11 is 0. The third-order valence-corrected chi connectivity index (χ3v) is 1.36. The van der Waals surface area contributed by atoms with Crippen molar-refractivity contribution in [3.63, 3.8) is 0 Å². The number of nitrogens with zero attached hydrogens (tertiary/aromatic N) is 2. The van der Waals surface area contributed by atoms with Gasteiger partial charge in [-0.25, -0.2) is 9.97 Å². The van der Waals surface area contributed by atoms with Crippen molar-refractivity contribution in [3.05, 3.63) is 18.2 Å². The molecule has 11 heavy (non-hydrogen) atoms. The molecule has 3 nitrogen and oxygen atoms in total. The van der Waals surface area contributed by atoms with Crippen LogP contribution < -0.4 is 5.32 Å². The molecule has 0 aliphatic carbocycles. The number of rotatable bonds is 3. The van der Waals surface area contributed by atoms with E-state index in [4.69, 9.17) is 0 Å². The van der Waals surface area contributed by atoms with Gasteiger partial charge in [-0.2, -0.15) is 0 Å². The highest BCUT2D eigenvalue weighted by molar-refractivity contribution is 5.37. The molecule has 0 saturated heterocycles. The van der Waals surface area contributed by atoms with Crippen molar-refractivity contribution in [2.45, 2.75) is 20.3 Å². The molecule has 0 amide bonds. The molecule has 0 aliphatic heterocycles. The standard InChI is InChI=1S/C8H13N3/c1-3-4-9-8-5-10-7(2)11-6-8/h5-6,9H,3-4H2,1-2H3. The van der Waals surface area contributed by atoms with Gasteiger partial charge in [0, 0.05) is 6.54 Å². The fourth-order valence-electron chi connectivity index (χ4n) is 0.753. The van der Waals surface area contributed by atoms with E-state index in [1.54, 1.807) is 12.4 Å². The zero-order valence-electron chi connectivity index (χ0n) is 6.96. The Morgan fingerprint density at radius 3 is 2.55 bits per heavy atom. The Kier molecular flexibility index (Phi) is 2.83. The van der Waals surface area contributed by atoms with Gasteiger partial charge in [0.2, 0.25) is 0 Å². The maximum Gasteiger partial charge on any atom is 0.125 e. The fraction of sp³-hybridized carbons (Fsp3) is 0.500. The molecular formula is C8H13N3. The lowest BCUT2D eigenvalue weighted by Gasteiger charge is -2.02. The second kappa shape index (κ2) is 3.91. The topological polar surface area (TPSA) is 37.8 Å². The van der Waals surface area contributed by atoms with Crippen LogP contribution in [0.4, 0.5) is 5.69 Å². The van der Waals surface area contributed by atoms with E-state index in [1.165, 1.54) is 0 Å². The molecule has 60 valence electrons. The van der Waals surface area contributed by atoms with Gasteiger partial charge < -0.3 is 5.32 Å². The minimum Gasteiger partial charge on any atom is -0.383 e. The first-order valence-electron chi connectivity index (χ1n) is 3.85. The van der Waals surface area contributed by atoms with Crippen molar-refractivity contribution < 1.29 is 0 Å². The molecule has 1 aromatic heterocycles. The van der Waals surface area contributed by atoms with Crippen LogP contribution in [-0.4, -0.2) is 16.5 Å². The minimum atomic E-state index is 0.812. The summed E-state index contributed by atoms with van der Waals surface area (Å²) in [5.74, 6) is 0.812. The van der Waals surface area contributed by atoms with Crippen LogP contribution in [0.5, 0.6) is 0 Å². The largest absolute Gasteiger partial charge is 0.383 e. The molecule has 0 saturated carbocycles. The molecule has 1 N–H and O–H groups in total. The van der Waals surface area contributed by atoms with Crippen LogP contribution in [0, 0.1) is 6.92 Å². The molecule has 3 heteroatoms. The molecule has 0 atom stereocenters. The Morgan fingerprint density at radius 2 is 2.00 bits per heavy atom. The molecular weight excluding hydrogens is 138 g/mol. The fourth-order valence-corrected chi connectivity index (χ4v) is 0.753. The molecule has 0 fully saturated rings. The van der Waals surface area contributed by atoms with Gasteiger partial charge in [0.25, 0.3) is 0 Å². The number of nitrogens with one attached hydrogen (secondary N) is 1. The predicted octanol–water partition coefficient (Wildman–Crippen LogP) is 1.61. The van der Waals surface area contributed by atoms with Crippen LogP contribution in [0.15, 0.2) is 12.4 Å². The number of hydrogen-bond acceptors (Lipinski definition) is 3. The van der Waals surface area contributed by atoms with E-state index in [-0.39, 0.29) is 0 Å². The lowest BCUT2D eigenvalue weighted by Crippen LogP contribution is -2.00. The van der Waals surface area contributed by atoms with Crippen molar-refractivity contribution in [3.8, 4) is 0 Å². The first-order valence-corrected chi connectivity index (χ1v) is 3.85. The van der Waals surface area contributed by atoms with Gasteiger partial charge in [0.05, 0.1) is 18.1 Å². The summed E-state index contributed by atoms with van der Waals surface area (Å²) in [5.41, 5.74) is 0.998. The molecule has 1 heterocycles. The average Bonchev–Trinajstić information content (AvgIpc) is 2.04. The third kappa shape index (κ3) is 2.53. The monoisotopic (exact) mass is 151 g/mol. The van der Waals surface area contributed by atoms with E-state index in [0.29, 0.717) is 0 Å². The van der Waals surface area contributed by atoms with Gasteiger partial charge in [-0.3, -0.25) is 0 Å². The summed E-state index contributed by atoms with van der Waals surface area (Å²) in [5, 5.41) is 3.20. The van der Waals surface area contributed by atoms with Gasteiger partial charge in [-0.15, -0.1) is 0 Å². The lowest BCUT2D eigenvalue weighted by atomic mass is 10.4. The van der Waals surface area contributed by atoms with Crippen LogP contribution in [0.25, 0.3) is 0 Å². The number of aromatic nitrogens is 2. The molecule has 0 unspecified atom stereocenters. The summed E-state index contributed by atoms with van der Waals surface area (Å²) in [6, 6.07) is 0. The van der Waals surface area contributed by atoms with Crippen LogP contribution in [0.1, 0.15) is 19.2 Å². The molecule has 0 radical (unpaired) electrons. The van der Waals surface area contributed by atoms with E-state index in [0.717, 1.165) is 24.5 Å². The van der Waals surface area contributed by atoms with Gasteiger partial charge >= 0.3 is 0 Å². The van der Waals surface area contributed by atoms with Crippen molar-refractivity contribution in [1.82, 2.24) is 9.97 Å². The van der Waals surface area contributed by atoms with Crippen molar-refractivity contribution in [2.75, 3.05) is 11.9 Å². The van der Waals surface area contributed by atoms with Gasteiger partial charge in [-0.1, -0.05) is 6.92 Å². The maximum atomic E-state index is 4.06. The molecule has 0 aliphatic rings. The SMILES string of the molecule is CCCNc1cnc(C)nc1. The van der Waals surface area contributed by atoms with Crippen molar-refractivity contribution >= 4 is 5.69 Å². The summed E-state index contributed by atoms with van der Waals surface area (Å²) in [7, 11) is 0. The molecule has 0 aromatic carbocycles. The minimum absolute atomic E-state index is 0.812. The lowest BCUT2D eigenvalue weighted by molar-refractivity contribution is 0.966. The Morgan fingerprint density at radius 1 is 1.36 bits per heavy atom. The summed E-state index contributed by atoms with van der Waals surface area (Å²) < 4.78 is 0. The highest BCUT2D eigenvalue weighted by atomic mass is 14.9. The number of hydrogen-bond donors (Lipinski definition) is 1.